The molecule has 3 fully saturated rings. The summed E-state index contributed by atoms with van der Waals surface area (Å²) < 4.78 is 66.2. The van der Waals surface area contributed by atoms with Crippen molar-refractivity contribution in [2.75, 3.05) is 20.1 Å². The van der Waals surface area contributed by atoms with Crippen LogP contribution >= 0.6 is 0 Å². The van der Waals surface area contributed by atoms with E-state index in [1.54, 1.807) is 6.07 Å². The maximum absolute atomic E-state index is 12.2. The third kappa shape index (κ3) is 3.22. The van der Waals surface area contributed by atoms with Gasteiger partial charge >= 0.3 is 5.51 Å². The number of aromatic hydroxyl groups is 1. The van der Waals surface area contributed by atoms with Crippen molar-refractivity contribution in [3.63, 3.8) is 0 Å². The number of phenolic OH excluding ortho intramolecular Hbond substituents is 1. The molecule has 184 valence electrons. The number of likely N-dealkylation sites (N-methyl/N-ethyl adjacent to an activating group) is 1. The summed E-state index contributed by atoms with van der Waals surface area (Å²) in [6.45, 7) is 2.34. The van der Waals surface area contributed by atoms with Crippen LogP contribution in [0, 0.1) is 5.92 Å². The van der Waals surface area contributed by atoms with Crippen LogP contribution < -0.4 is 4.74 Å². The number of aliphatic hydroxyl groups is 1. The predicted molar refractivity (Wildman–Crippen MR) is 110 cm³/mol. The van der Waals surface area contributed by atoms with Gasteiger partial charge in [-0.1, -0.05) is 6.07 Å². The molecular weight excluding hydrogens is 463 g/mol. The van der Waals surface area contributed by atoms with Crippen molar-refractivity contribution < 1.29 is 45.6 Å². The molecule has 2 heterocycles. The van der Waals surface area contributed by atoms with Gasteiger partial charge in [-0.3, -0.25) is 0 Å². The van der Waals surface area contributed by atoms with Gasteiger partial charge in [-0.15, -0.1) is 0 Å². The normalized spacial score (nSPS) is 38.6. The van der Waals surface area contributed by atoms with E-state index in [2.05, 4.69) is 13.1 Å². The molecule has 2 N–H and O–H groups in total. The standard InChI is InChI=1S/C21H27NO3.CHF3O3S/c1-22(12-13-4-5-13)10-9-20-17-3-2-8-21(20,24)16(22)11-14-6-7-15(23)19(25-17)18(14)20;2-1(3,4)8(5,6)7/h6-7,13,16-17,24H,2-5,8-12H2,1H3;(H,5,6,7)/t16-,17?,20-,21-,22?;/m1./s1. The van der Waals surface area contributed by atoms with Crippen LogP contribution in [0.5, 0.6) is 11.5 Å². The summed E-state index contributed by atoms with van der Waals surface area (Å²) in [5.74, 6) is 1.79. The molecule has 0 radical (unpaired) electrons. The first-order valence-corrected chi connectivity index (χ1v) is 12.7. The zero-order chi connectivity index (χ0) is 24.0. The lowest BCUT2D eigenvalue weighted by molar-refractivity contribution is -0.950. The number of alkyl halides is 3. The SMILES string of the molecule is C[N+]1(CC2CC2)CC[C@]23c4c5ccc(O)c4OC2CCC[C@@]3(O)[C@H]1C5.O=S(=O)([O-])C(F)(F)F. The fourth-order valence-corrected chi connectivity index (χ4v) is 7.15. The van der Waals surface area contributed by atoms with Crippen molar-refractivity contribution in [2.24, 2.45) is 5.92 Å². The fourth-order valence-electron chi connectivity index (χ4n) is 7.15. The Morgan fingerprint density at radius 2 is 1.91 bits per heavy atom. The van der Waals surface area contributed by atoms with E-state index in [-0.39, 0.29) is 23.3 Å². The van der Waals surface area contributed by atoms with Crippen LogP contribution in [0.2, 0.25) is 0 Å². The first-order chi connectivity index (χ1) is 15.2. The van der Waals surface area contributed by atoms with Gasteiger partial charge in [0.1, 0.15) is 17.7 Å². The maximum Gasteiger partial charge on any atom is 0.485 e. The molecular formula is C22H28F3NO6S. The summed E-state index contributed by atoms with van der Waals surface area (Å²) in [5, 5.41) is 22.6. The number of quaternary nitrogens is 1. The average molecular weight is 492 g/mol. The molecule has 1 aromatic carbocycles. The summed E-state index contributed by atoms with van der Waals surface area (Å²) in [5.41, 5.74) is -4.16. The molecule has 2 aliphatic heterocycles. The zero-order valence-electron chi connectivity index (χ0n) is 18.3. The van der Waals surface area contributed by atoms with Crippen LogP contribution in [-0.4, -0.2) is 71.1 Å². The van der Waals surface area contributed by atoms with E-state index in [0.717, 1.165) is 54.6 Å². The Morgan fingerprint density at radius 3 is 2.52 bits per heavy atom. The van der Waals surface area contributed by atoms with Crippen LogP contribution in [0.25, 0.3) is 0 Å². The van der Waals surface area contributed by atoms with Gasteiger partial charge in [0.25, 0.3) is 0 Å². The summed E-state index contributed by atoms with van der Waals surface area (Å²) in [6.07, 6.45) is 7.56. The monoisotopic (exact) mass is 491 g/mol. The van der Waals surface area contributed by atoms with Gasteiger partial charge in [0.05, 0.1) is 25.6 Å². The minimum atomic E-state index is -6.09. The second-order valence-corrected chi connectivity index (χ2v) is 11.9. The summed E-state index contributed by atoms with van der Waals surface area (Å²) >= 11 is 0. The Balaban J connectivity index is 0.000000249. The Hall–Kier alpha value is -1.56. The smallest absolute Gasteiger partial charge is 0.485 e. The number of halogens is 3. The Labute approximate surface area is 190 Å². The van der Waals surface area contributed by atoms with Crippen LogP contribution in [0.1, 0.15) is 49.7 Å². The van der Waals surface area contributed by atoms with Crippen LogP contribution in [0.3, 0.4) is 0 Å². The van der Waals surface area contributed by atoms with E-state index in [1.165, 1.54) is 24.9 Å². The van der Waals surface area contributed by atoms with Crippen LogP contribution in [0.4, 0.5) is 13.2 Å². The van der Waals surface area contributed by atoms with E-state index in [9.17, 15) is 23.4 Å². The van der Waals surface area contributed by atoms with E-state index in [1.807, 2.05) is 0 Å². The fraction of sp³-hybridized carbons (Fsp3) is 0.727. The van der Waals surface area contributed by atoms with Crippen molar-refractivity contribution >= 4 is 10.1 Å². The lowest BCUT2D eigenvalue weighted by atomic mass is 9.48. The lowest BCUT2D eigenvalue weighted by Crippen LogP contribution is -2.79. The number of piperidine rings is 1. The number of hydrogen-bond acceptors (Lipinski definition) is 6. The Kier molecular flexibility index (Phi) is 4.91. The number of benzene rings is 1. The molecule has 1 aromatic rings. The Bertz CT molecular complexity index is 1090. The van der Waals surface area contributed by atoms with Crippen molar-refractivity contribution in [1.29, 1.82) is 0 Å². The van der Waals surface area contributed by atoms with Gasteiger partial charge in [0.15, 0.2) is 21.6 Å². The Morgan fingerprint density at radius 1 is 1.24 bits per heavy atom. The molecule has 7 nitrogen and oxygen atoms in total. The largest absolute Gasteiger partial charge is 0.741 e. The van der Waals surface area contributed by atoms with Gasteiger partial charge in [-0.2, -0.15) is 13.2 Å². The van der Waals surface area contributed by atoms with Crippen LogP contribution in [-0.2, 0) is 22.0 Å². The molecule has 3 aliphatic carbocycles. The number of nitrogens with zero attached hydrogens (tertiary/aromatic N) is 1. The minimum absolute atomic E-state index is 0.0331. The number of rotatable bonds is 2. The lowest BCUT2D eigenvalue weighted by Gasteiger charge is -2.64. The third-order valence-corrected chi connectivity index (χ3v) is 9.23. The number of likely N-dealkylation sites (tertiary alicyclic amines) is 1. The second-order valence-electron chi connectivity index (χ2n) is 10.5. The quantitative estimate of drug-likeness (QED) is 0.374. The summed E-state index contributed by atoms with van der Waals surface area (Å²) in [7, 11) is -3.70. The minimum Gasteiger partial charge on any atom is -0.741 e. The summed E-state index contributed by atoms with van der Waals surface area (Å²) in [6, 6.07) is 4.15. The molecule has 0 aromatic heterocycles. The van der Waals surface area contributed by atoms with Gasteiger partial charge in [0.2, 0.25) is 0 Å². The van der Waals surface area contributed by atoms with E-state index in [4.69, 9.17) is 17.7 Å². The highest BCUT2D eigenvalue weighted by atomic mass is 32.2. The zero-order valence-corrected chi connectivity index (χ0v) is 19.1. The number of ether oxygens (including phenoxy) is 1. The van der Waals surface area contributed by atoms with Gasteiger partial charge < -0.3 is 24.0 Å². The van der Waals surface area contributed by atoms with Gasteiger partial charge in [-0.05, 0) is 43.7 Å². The van der Waals surface area contributed by atoms with E-state index in [0.29, 0.717) is 5.75 Å². The summed E-state index contributed by atoms with van der Waals surface area (Å²) in [4.78, 5) is 0. The van der Waals surface area contributed by atoms with Gasteiger partial charge in [-0.25, -0.2) is 8.42 Å². The molecule has 2 unspecified atom stereocenters. The van der Waals surface area contributed by atoms with Gasteiger partial charge in [0, 0.05) is 24.3 Å². The van der Waals surface area contributed by atoms with E-state index < -0.39 is 21.2 Å². The third-order valence-electron chi connectivity index (χ3n) is 8.67. The number of hydrogen-bond donors (Lipinski definition) is 2. The van der Waals surface area contributed by atoms with Crippen molar-refractivity contribution in [1.82, 2.24) is 0 Å². The highest BCUT2D eigenvalue weighted by Crippen LogP contribution is 2.66. The van der Waals surface area contributed by atoms with Crippen molar-refractivity contribution in [2.45, 2.75) is 73.6 Å². The highest BCUT2D eigenvalue weighted by Gasteiger charge is 2.74. The molecule has 1 saturated heterocycles. The molecule has 1 spiro atoms. The molecule has 5 aliphatic rings. The molecule has 2 bridgehead atoms. The molecule has 11 heteroatoms. The number of phenols is 1. The molecule has 6 rings (SSSR count). The molecule has 2 saturated carbocycles. The first-order valence-electron chi connectivity index (χ1n) is 11.3. The van der Waals surface area contributed by atoms with Crippen LogP contribution in [0.15, 0.2) is 12.1 Å². The molecule has 5 atom stereocenters. The van der Waals surface area contributed by atoms with Crippen molar-refractivity contribution in [3.05, 3.63) is 23.3 Å². The topological polar surface area (TPSA) is 107 Å². The van der Waals surface area contributed by atoms with E-state index >= 15 is 0 Å². The first kappa shape index (κ1) is 23.2. The predicted octanol–water partition coefficient (Wildman–Crippen LogP) is 2.54. The maximum atomic E-state index is 12.2. The average Bonchev–Trinajstić information content (AvgIpc) is 3.42. The second kappa shape index (κ2) is 6.99. The molecule has 0 amide bonds. The highest BCUT2D eigenvalue weighted by molar-refractivity contribution is 7.86. The molecule has 33 heavy (non-hydrogen) atoms. The van der Waals surface area contributed by atoms with Crippen molar-refractivity contribution in [3.8, 4) is 11.5 Å².